The third-order valence-electron chi connectivity index (χ3n) is 5.41. The maximum absolute atomic E-state index is 12.4. The summed E-state index contributed by atoms with van der Waals surface area (Å²) >= 11 is 0.492. The average molecular weight is 399 g/mol. The molecule has 0 heterocycles. The molecule has 1 aromatic carbocycles. The van der Waals surface area contributed by atoms with Gasteiger partial charge in [0.1, 0.15) is 5.75 Å². The second kappa shape index (κ2) is 12.4. The van der Waals surface area contributed by atoms with Crippen molar-refractivity contribution < 1.29 is 18.3 Å². The largest absolute Gasteiger partial charge is 0.426 e. The number of hydrogen-bond donors (Lipinski definition) is 0. The van der Waals surface area contributed by atoms with Crippen LogP contribution in [0.15, 0.2) is 29.2 Å². The zero-order valence-corrected chi connectivity index (χ0v) is 17.1. The Balaban J connectivity index is 1.64. The molecule has 1 aliphatic carbocycles. The molecule has 0 aliphatic heterocycles. The van der Waals surface area contributed by atoms with Gasteiger partial charge >= 0.3 is 5.97 Å². The third-order valence-corrected chi connectivity index (χ3v) is 6.14. The highest BCUT2D eigenvalue weighted by Crippen LogP contribution is 2.33. The zero-order chi connectivity index (χ0) is 19.5. The van der Waals surface area contributed by atoms with E-state index in [9.17, 15) is 13.6 Å². The first kappa shape index (κ1) is 22.2. The summed E-state index contributed by atoms with van der Waals surface area (Å²) in [4.78, 5) is 12.8. The van der Waals surface area contributed by atoms with E-state index in [4.69, 9.17) is 4.74 Å². The van der Waals surface area contributed by atoms with Crippen molar-refractivity contribution in [1.82, 2.24) is 0 Å². The summed E-state index contributed by atoms with van der Waals surface area (Å²) in [5, 5.41) is 0. The molecule has 0 N–H and O–H groups in total. The van der Waals surface area contributed by atoms with Crippen LogP contribution in [-0.2, 0) is 4.79 Å². The SMILES string of the molecule is CCCCCCCC[C@H]1CC[C@H](C(=O)Oc2ccc(SC(F)F)cc2)CC1. The van der Waals surface area contributed by atoms with Crippen molar-refractivity contribution in [2.45, 2.75) is 88.2 Å². The van der Waals surface area contributed by atoms with Crippen LogP contribution >= 0.6 is 11.8 Å². The lowest BCUT2D eigenvalue weighted by atomic mass is 9.80. The van der Waals surface area contributed by atoms with Crippen molar-refractivity contribution in [2.75, 3.05) is 0 Å². The van der Waals surface area contributed by atoms with E-state index in [1.165, 1.54) is 44.9 Å². The molecule has 0 bridgehead atoms. The second-order valence-electron chi connectivity index (χ2n) is 7.55. The summed E-state index contributed by atoms with van der Waals surface area (Å²) in [6.45, 7) is 2.24. The Kier molecular flexibility index (Phi) is 10.2. The van der Waals surface area contributed by atoms with Gasteiger partial charge in [0.15, 0.2) is 0 Å². The number of unbranched alkanes of at least 4 members (excludes halogenated alkanes) is 5. The highest BCUT2D eigenvalue weighted by atomic mass is 32.2. The summed E-state index contributed by atoms with van der Waals surface area (Å²) in [6, 6.07) is 6.31. The fraction of sp³-hybridized carbons (Fsp3) is 0.682. The molecule has 0 spiro atoms. The highest BCUT2D eigenvalue weighted by Gasteiger charge is 2.27. The van der Waals surface area contributed by atoms with Crippen LogP contribution in [0.5, 0.6) is 5.75 Å². The molecule has 0 saturated heterocycles. The summed E-state index contributed by atoms with van der Waals surface area (Å²) < 4.78 is 30.1. The van der Waals surface area contributed by atoms with Gasteiger partial charge in [0.25, 0.3) is 5.76 Å². The van der Waals surface area contributed by atoms with Gasteiger partial charge in [-0.25, -0.2) is 0 Å². The lowest BCUT2D eigenvalue weighted by molar-refractivity contribution is -0.140. The fourth-order valence-electron chi connectivity index (χ4n) is 3.79. The van der Waals surface area contributed by atoms with Gasteiger partial charge in [-0.2, -0.15) is 8.78 Å². The van der Waals surface area contributed by atoms with E-state index in [0.29, 0.717) is 22.4 Å². The third kappa shape index (κ3) is 8.63. The summed E-state index contributed by atoms with van der Waals surface area (Å²) in [7, 11) is 0. The van der Waals surface area contributed by atoms with Crippen molar-refractivity contribution in [1.29, 1.82) is 0 Å². The number of esters is 1. The Hall–Kier alpha value is -1.10. The standard InChI is InChI=1S/C22H32F2O2S/c1-2-3-4-5-6-7-8-17-9-11-18(12-10-17)21(25)26-19-13-15-20(16-14-19)27-22(23)24/h13-18,22H,2-12H2,1H3/t17-,18-. The van der Waals surface area contributed by atoms with E-state index in [1.54, 1.807) is 24.3 Å². The summed E-state index contributed by atoms with van der Waals surface area (Å²) in [5.41, 5.74) is 0. The van der Waals surface area contributed by atoms with Gasteiger partial charge in [-0.1, -0.05) is 63.6 Å². The van der Waals surface area contributed by atoms with Gasteiger partial charge < -0.3 is 4.74 Å². The molecule has 0 amide bonds. The van der Waals surface area contributed by atoms with E-state index in [2.05, 4.69) is 6.92 Å². The maximum Gasteiger partial charge on any atom is 0.314 e. The molecule has 1 fully saturated rings. The Morgan fingerprint density at radius 2 is 1.67 bits per heavy atom. The quantitative estimate of drug-likeness (QED) is 0.167. The molecule has 152 valence electrons. The Bertz CT molecular complexity index is 540. The lowest BCUT2D eigenvalue weighted by Crippen LogP contribution is -2.25. The topological polar surface area (TPSA) is 26.3 Å². The predicted octanol–water partition coefficient (Wildman–Crippen LogP) is 7.46. The molecule has 0 atom stereocenters. The first-order chi connectivity index (χ1) is 13.1. The van der Waals surface area contributed by atoms with E-state index >= 15 is 0 Å². The minimum absolute atomic E-state index is 0.0269. The van der Waals surface area contributed by atoms with Crippen LogP contribution < -0.4 is 4.74 Å². The molecule has 0 radical (unpaired) electrons. The number of halogens is 2. The van der Waals surface area contributed by atoms with Crippen molar-refractivity contribution in [2.24, 2.45) is 11.8 Å². The van der Waals surface area contributed by atoms with Gasteiger partial charge in [-0.3, -0.25) is 4.79 Å². The number of hydrogen-bond acceptors (Lipinski definition) is 3. The van der Waals surface area contributed by atoms with Gasteiger partial charge in [-0.15, -0.1) is 0 Å². The number of carbonyl (C=O) groups is 1. The van der Waals surface area contributed by atoms with Gasteiger partial charge in [-0.05, 0) is 55.9 Å². The molecule has 27 heavy (non-hydrogen) atoms. The molecular formula is C22H32F2O2S. The minimum Gasteiger partial charge on any atom is -0.426 e. The number of carbonyl (C=O) groups excluding carboxylic acids is 1. The van der Waals surface area contributed by atoms with Gasteiger partial charge in [0.05, 0.1) is 5.92 Å². The smallest absolute Gasteiger partial charge is 0.314 e. The van der Waals surface area contributed by atoms with E-state index in [0.717, 1.165) is 31.6 Å². The van der Waals surface area contributed by atoms with Crippen LogP contribution in [0.1, 0.15) is 77.6 Å². The van der Waals surface area contributed by atoms with E-state index < -0.39 is 5.76 Å². The molecule has 2 nitrogen and oxygen atoms in total. The first-order valence-electron chi connectivity index (χ1n) is 10.3. The molecule has 1 aromatic rings. The molecule has 1 aliphatic rings. The lowest BCUT2D eigenvalue weighted by Gasteiger charge is -2.27. The van der Waals surface area contributed by atoms with Crippen LogP contribution in [0, 0.1) is 11.8 Å². The Labute approximate surface area is 166 Å². The molecular weight excluding hydrogens is 366 g/mol. The van der Waals surface area contributed by atoms with Crippen molar-refractivity contribution in [3.8, 4) is 5.75 Å². The molecule has 0 unspecified atom stereocenters. The number of benzene rings is 1. The molecule has 0 aromatic heterocycles. The molecule has 5 heteroatoms. The normalized spacial score (nSPS) is 20.0. The van der Waals surface area contributed by atoms with Crippen molar-refractivity contribution >= 4 is 17.7 Å². The van der Waals surface area contributed by atoms with Crippen LogP contribution in [-0.4, -0.2) is 11.7 Å². The zero-order valence-electron chi connectivity index (χ0n) is 16.3. The van der Waals surface area contributed by atoms with Crippen LogP contribution in [0.25, 0.3) is 0 Å². The van der Waals surface area contributed by atoms with Crippen LogP contribution in [0.4, 0.5) is 8.78 Å². The molecule has 2 rings (SSSR count). The van der Waals surface area contributed by atoms with Crippen molar-refractivity contribution in [3.05, 3.63) is 24.3 Å². The highest BCUT2D eigenvalue weighted by molar-refractivity contribution is 7.99. The minimum atomic E-state index is -2.44. The van der Waals surface area contributed by atoms with Crippen LogP contribution in [0.3, 0.4) is 0 Å². The van der Waals surface area contributed by atoms with Crippen molar-refractivity contribution in [3.63, 3.8) is 0 Å². The number of alkyl halides is 2. The number of ether oxygens (including phenoxy) is 1. The predicted molar refractivity (Wildman–Crippen MR) is 107 cm³/mol. The first-order valence-corrected chi connectivity index (χ1v) is 11.2. The Morgan fingerprint density at radius 1 is 1.04 bits per heavy atom. The number of rotatable bonds is 11. The number of thioether (sulfide) groups is 1. The second-order valence-corrected chi connectivity index (χ2v) is 8.61. The van der Waals surface area contributed by atoms with E-state index in [-0.39, 0.29) is 11.9 Å². The van der Waals surface area contributed by atoms with Gasteiger partial charge in [0, 0.05) is 4.90 Å². The van der Waals surface area contributed by atoms with Crippen LogP contribution in [0.2, 0.25) is 0 Å². The molecule has 1 saturated carbocycles. The average Bonchev–Trinajstić information content (AvgIpc) is 2.66. The fourth-order valence-corrected chi connectivity index (χ4v) is 4.29. The Morgan fingerprint density at radius 3 is 2.30 bits per heavy atom. The van der Waals surface area contributed by atoms with E-state index in [1.807, 2.05) is 0 Å². The van der Waals surface area contributed by atoms with Gasteiger partial charge in [0.2, 0.25) is 0 Å². The summed E-state index contributed by atoms with van der Waals surface area (Å²) in [5.74, 6) is -1.45. The monoisotopic (exact) mass is 398 g/mol. The maximum atomic E-state index is 12.4. The summed E-state index contributed by atoms with van der Waals surface area (Å²) in [6.07, 6.45) is 13.3.